The third-order valence-electron chi connectivity index (χ3n) is 4.32. The van der Waals surface area contributed by atoms with Gasteiger partial charge in [0.05, 0.1) is 12.6 Å². The summed E-state index contributed by atoms with van der Waals surface area (Å²) in [5.41, 5.74) is 2.55. The molecule has 0 spiro atoms. The summed E-state index contributed by atoms with van der Waals surface area (Å²) in [6, 6.07) is 28.3. The van der Waals surface area contributed by atoms with Crippen LogP contribution in [0.2, 0.25) is 0 Å². The smallest absolute Gasteiger partial charge is 0.254 e. The van der Waals surface area contributed by atoms with Crippen molar-refractivity contribution >= 4 is 11.8 Å². The molecule has 2 amide bonds. The Hall–Kier alpha value is -3.40. The predicted octanol–water partition coefficient (Wildman–Crippen LogP) is 3.66. The molecule has 0 fully saturated rings. The van der Waals surface area contributed by atoms with Gasteiger partial charge in [-0.25, -0.2) is 0 Å². The lowest BCUT2D eigenvalue weighted by atomic mass is 9.99. The molecule has 0 aliphatic heterocycles. The quantitative estimate of drug-likeness (QED) is 0.731. The Labute approximate surface area is 159 Å². The highest BCUT2D eigenvalue weighted by Gasteiger charge is 2.19. The zero-order valence-corrected chi connectivity index (χ0v) is 15.2. The number of benzene rings is 3. The first-order valence-corrected chi connectivity index (χ1v) is 8.85. The normalized spacial score (nSPS) is 10.4. The number of nitrogens with one attached hydrogen (secondary N) is 1. The molecule has 3 aromatic carbocycles. The van der Waals surface area contributed by atoms with Crippen LogP contribution < -0.4 is 5.32 Å². The number of hydrogen-bond donors (Lipinski definition) is 1. The molecule has 136 valence electrons. The molecule has 27 heavy (non-hydrogen) atoms. The molecule has 3 aromatic rings. The first kappa shape index (κ1) is 18.4. The Morgan fingerprint density at radius 3 is 1.70 bits per heavy atom. The molecule has 0 radical (unpaired) electrons. The van der Waals surface area contributed by atoms with E-state index in [0.29, 0.717) is 5.56 Å². The van der Waals surface area contributed by atoms with Crippen LogP contribution in [0.25, 0.3) is 0 Å². The Morgan fingerprint density at radius 1 is 0.778 bits per heavy atom. The summed E-state index contributed by atoms with van der Waals surface area (Å²) in [4.78, 5) is 26.5. The van der Waals surface area contributed by atoms with Crippen molar-refractivity contribution in [3.05, 3.63) is 108 Å². The van der Waals surface area contributed by atoms with Gasteiger partial charge in [-0.2, -0.15) is 0 Å². The molecule has 0 saturated carbocycles. The molecule has 0 aliphatic rings. The summed E-state index contributed by atoms with van der Waals surface area (Å²) in [7, 11) is 1.63. The van der Waals surface area contributed by atoms with Gasteiger partial charge in [-0.05, 0) is 23.3 Å². The molecule has 0 aliphatic carbocycles. The molecule has 0 bridgehead atoms. The van der Waals surface area contributed by atoms with Crippen molar-refractivity contribution in [1.82, 2.24) is 10.2 Å². The fourth-order valence-electron chi connectivity index (χ4n) is 2.95. The fourth-order valence-corrected chi connectivity index (χ4v) is 2.95. The van der Waals surface area contributed by atoms with E-state index in [9.17, 15) is 9.59 Å². The maximum Gasteiger partial charge on any atom is 0.254 e. The second kappa shape index (κ2) is 8.81. The number of carbonyl (C=O) groups is 2. The average Bonchev–Trinajstić information content (AvgIpc) is 2.73. The van der Waals surface area contributed by atoms with E-state index in [1.54, 1.807) is 19.2 Å². The molecular formula is C23H22N2O2. The van der Waals surface area contributed by atoms with Crippen LogP contribution in [-0.4, -0.2) is 30.3 Å². The van der Waals surface area contributed by atoms with Crippen LogP contribution in [0.15, 0.2) is 91.0 Å². The number of hydrogen-bond acceptors (Lipinski definition) is 2. The van der Waals surface area contributed by atoms with Gasteiger partial charge < -0.3 is 10.2 Å². The van der Waals surface area contributed by atoms with Gasteiger partial charge in [0.2, 0.25) is 5.91 Å². The zero-order chi connectivity index (χ0) is 19.1. The Bertz CT molecular complexity index is 841. The van der Waals surface area contributed by atoms with Crippen molar-refractivity contribution in [2.24, 2.45) is 0 Å². The SMILES string of the molecule is CN(CC(=O)NC(c1ccccc1)c1ccccc1)C(=O)c1ccccc1. The molecule has 0 atom stereocenters. The van der Waals surface area contributed by atoms with Gasteiger partial charge in [0.15, 0.2) is 0 Å². The minimum atomic E-state index is -0.264. The van der Waals surface area contributed by atoms with Gasteiger partial charge in [0.25, 0.3) is 5.91 Å². The van der Waals surface area contributed by atoms with E-state index in [0.717, 1.165) is 11.1 Å². The number of amides is 2. The standard InChI is InChI=1S/C23H22N2O2/c1-25(23(27)20-15-9-4-10-16-20)17-21(26)24-22(18-11-5-2-6-12-18)19-13-7-3-8-14-19/h2-16,22H,17H2,1H3,(H,24,26). The van der Waals surface area contributed by atoms with Gasteiger partial charge in [0.1, 0.15) is 0 Å². The highest BCUT2D eigenvalue weighted by molar-refractivity contribution is 5.96. The van der Waals surface area contributed by atoms with Crippen LogP contribution >= 0.6 is 0 Å². The third-order valence-corrected chi connectivity index (χ3v) is 4.32. The van der Waals surface area contributed by atoms with Crippen LogP contribution in [0.4, 0.5) is 0 Å². The van der Waals surface area contributed by atoms with Gasteiger partial charge in [-0.1, -0.05) is 78.9 Å². The molecule has 0 aromatic heterocycles. The predicted molar refractivity (Wildman–Crippen MR) is 106 cm³/mol. The van der Waals surface area contributed by atoms with Crippen LogP contribution in [-0.2, 0) is 4.79 Å². The highest BCUT2D eigenvalue weighted by Crippen LogP contribution is 2.21. The maximum absolute atomic E-state index is 12.6. The van der Waals surface area contributed by atoms with Crippen molar-refractivity contribution in [2.75, 3.05) is 13.6 Å². The topological polar surface area (TPSA) is 49.4 Å². The molecule has 0 unspecified atom stereocenters. The number of nitrogens with zero attached hydrogens (tertiary/aromatic N) is 1. The van der Waals surface area contributed by atoms with Crippen LogP contribution in [0.3, 0.4) is 0 Å². The lowest BCUT2D eigenvalue weighted by molar-refractivity contribution is -0.122. The van der Waals surface area contributed by atoms with E-state index in [1.165, 1.54) is 4.90 Å². The second-order valence-corrected chi connectivity index (χ2v) is 6.35. The van der Waals surface area contributed by atoms with E-state index in [-0.39, 0.29) is 24.4 Å². The summed E-state index contributed by atoms with van der Waals surface area (Å²) >= 11 is 0. The fraction of sp³-hybridized carbons (Fsp3) is 0.130. The average molecular weight is 358 g/mol. The van der Waals surface area contributed by atoms with E-state index in [4.69, 9.17) is 0 Å². The third kappa shape index (κ3) is 4.82. The van der Waals surface area contributed by atoms with Crippen molar-refractivity contribution in [1.29, 1.82) is 0 Å². The van der Waals surface area contributed by atoms with Crippen LogP contribution in [0.5, 0.6) is 0 Å². The molecule has 1 N–H and O–H groups in total. The lowest BCUT2D eigenvalue weighted by Gasteiger charge is -2.22. The van der Waals surface area contributed by atoms with E-state index < -0.39 is 0 Å². The van der Waals surface area contributed by atoms with Crippen molar-refractivity contribution < 1.29 is 9.59 Å². The lowest BCUT2D eigenvalue weighted by Crippen LogP contribution is -2.40. The minimum absolute atomic E-state index is 0.0100. The summed E-state index contributed by atoms with van der Waals surface area (Å²) in [6.45, 7) is -0.0100. The Balaban J connectivity index is 1.72. The van der Waals surface area contributed by atoms with Crippen molar-refractivity contribution in [2.45, 2.75) is 6.04 Å². The van der Waals surface area contributed by atoms with Crippen molar-refractivity contribution in [3.63, 3.8) is 0 Å². The van der Waals surface area contributed by atoms with Gasteiger partial charge >= 0.3 is 0 Å². The Morgan fingerprint density at radius 2 is 1.22 bits per heavy atom. The Kier molecular flexibility index (Phi) is 6.00. The summed E-state index contributed by atoms with van der Waals surface area (Å²) in [6.07, 6.45) is 0. The molecule has 4 heteroatoms. The van der Waals surface area contributed by atoms with Gasteiger partial charge in [-0.15, -0.1) is 0 Å². The number of carbonyl (C=O) groups excluding carboxylic acids is 2. The number of rotatable bonds is 6. The molecule has 3 rings (SSSR count). The van der Waals surface area contributed by atoms with Crippen LogP contribution in [0, 0.1) is 0 Å². The highest BCUT2D eigenvalue weighted by atomic mass is 16.2. The zero-order valence-electron chi connectivity index (χ0n) is 15.2. The van der Waals surface area contributed by atoms with E-state index in [2.05, 4.69) is 5.32 Å². The monoisotopic (exact) mass is 358 g/mol. The van der Waals surface area contributed by atoms with Gasteiger partial charge in [0, 0.05) is 12.6 Å². The van der Waals surface area contributed by atoms with Gasteiger partial charge in [-0.3, -0.25) is 9.59 Å². The van der Waals surface area contributed by atoms with Crippen molar-refractivity contribution in [3.8, 4) is 0 Å². The maximum atomic E-state index is 12.6. The first-order chi connectivity index (χ1) is 13.1. The van der Waals surface area contributed by atoms with E-state index >= 15 is 0 Å². The van der Waals surface area contributed by atoms with Crippen LogP contribution in [0.1, 0.15) is 27.5 Å². The largest absolute Gasteiger partial charge is 0.344 e. The summed E-state index contributed by atoms with van der Waals surface area (Å²) in [5.74, 6) is -0.388. The molecule has 0 heterocycles. The minimum Gasteiger partial charge on any atom is -0.344 e. The van der Waals surface area contributed by atoms with E-state index in [1.807, 2.05) is 78.9 Å². The summed E-state index contributed by atoms with van der Waals surface area (Å²) < 4.78 is 0. The number of likely N-dealkylation sites (N-methyl/N-ethyl adjacent to an activating group) is 1. The summed E-state index contributed by atoms with van der Waals surface area (Å²) in [5, 5.41) is 3.05. The second-order valence-electron chi connectivity index (χ2n) is 6.35. The molecule has 4 nitrogen and oxygen atoms in total. The molecular weight excluding hydrogens is 336 g/mol. The first-order valence-electron chi connectivity index (χ1n) is 8.85. The molecule has 0 saturated heterocycles.